The van der Waals surface area contributed by atoms with Gasteiger partial charge in [-0.25, -0.2) is 4.98 Å². The van der Waals surface area contributed by atoms with Crippen LogP contribution in [0.15, 0.2) is 36.8 Å². The van der Waals surface area contributed by atoms with Crippen molar-refractivity contribution < 1.29 is 9.59 Å². The van der Waals surface area contributed by atoms with Gasteiger partial charge in [0.05, 0.1) is 6.33 Å². The number of nitrogens with zero attached hydrogens (tertiary/aromatic N) is 2. The van der Waals surface area contributed by atoms with E-state index < -0.39 is 0 Å². The number of aryl methyl sites for hydroxylation is 1. The SMILES string of the molecule is CC(=O)c1ccc(NC(=O)c2cn(C)cn2)cc1. The van der Waals surface area contributed by atoms with E-state index in [9.17, 15) is 9.59 Å². The van der Waals surface area contributed by atoms with Crippen molar-refractivity contribution in [2.75, 3.05) is 5.32 Å². The minimum Gasteiger partial charge on any atom is -0.340 e. The second-order valence-electron chi connectivity index (χ2n) is 4.01. The van der Waals surface area contributed by atoms with Crippen LogP contribution in [0.4, 0.5) is 5.69 Å². The van der Waals surface area contributed by atoms with Gasteiger partial charge in [-0.15, -0.1) is 0 Å². The number of hydrogen-bond donors (Lipinski definition) is 1. The highest BCUT2D eigenvalue weighted by atomic mass is 16.2. The third-order valence-electron chi connectivity index (χ3n) is 2.49. The summed E-state index contributed by atoms with van der Waals surface area (Å²) < 4.78 is 1.70. The van der Waals surface area contributed by atoms with Crippen molar-refractivity contribution in [3.05, 3.63) is 48.0 Å². The standard InChI is InChI=1S/C13H13N3O2/c1-9(17)10-3-5-11(6-4-10)15-13(18)12-7-16(2)8-14-12/h3-8H,1-2H3,(H,15,18). The van der Waals surface area contributed by atoms with Crippen molar-refractivity contribution in [1.29, 1.82) is 0 Å². The number of ketones is 1. The van der Waals surface area contributed by atoms with Gasteiger partial charge in [0, 0.05) is 24.5 Å². The molecule has 1 heterocycles. The van der Waals surface area contributed by atoms with Crippen molar-refractivity contribution in [3.8, 4) is 0 Å². The van der Waals surface area contributed by atoms with Gasteiger partial charge in [0.15, 0.2) is 5.78 Å². The van der Waals surface area contributed by atoms with Crippen molar-refractivity contribution in [3.63, 3.8) is 0 Å². The number of aromatic nitrogens is 2. The van der Waals surface area contributed by atoms with Crippen LogP contribution >= 0.6 is 0 Å². The minimum absolute atomic E-state index is 0.00222. The van der Waals surface area contributed by atoms with Gasteiger partial charge in [0.25, 0.3) is 5.91 Å². The number of benzene rings is 1. The highest BCUT2D eigenvalue weighted by Gasteiger charge is 2.08. The molecule has 0 fully saturated rings. The molecule has 1 aromatic carbocycles. The molecule has 0 unspecified atom stereocenters. The fraction of sp³-hybridized carbons (Fsp3) is 0.154. The average Bonchev–Trinajstić information content (AvgIpc) is 2.76. The fourth-order valence-corrected chi connectivity index (χ4v) is 1.51. The maximum atomic E-state index is 11.8. The maximum Gasteiger partial charge on any atom is 0.275 e. The summed E-state index contributed by atoms with van der Waals surface area (Å²) in [6.45, 7) is 1.50. The Morgan fingerprint density at radius 3 is 2.39 bits per heavy atom. The lowest BCUT2D eigenvalue weighted by Gasteiger charge is -2.03. The molecule has 0 saturated heterocycles. The second kappa shape index (κ2) is 4.83. The minimum atomic E-state index is -0.272. The van der Waals surface area contributed by atoms with Crippen LogP contribution in [0.1, 0.15) is 27.8 Å². The zero-order valence-electron chi connectivity index (χ0n) is 10.2. The predicted octanol–water partition coefficient (Wildman–Crippen LogP) is 1.88. The molecule has 0 atom stereocenters. The van der Waals surface area contributed by atoms with E-state index in [1.54, 1.807) is 48.4 Å². The zero-order chi connectivity index (χ0) is 13.1. The van der Waals surface area contributed by atoms with Crippen LogP contribution in [-0.4, -0.2) is 21.2 Å². The van der Waals surface area contributed by atoms with Gasteiger partial charge in [-0.2, -0.15) is 0 Å². The molecular weight excluding hydrogens is 230 g/mol. The van der Waals surface area contributed by atoms with Crippen molar-refractivity contribution in [2.45, 2.75) is 6.92 Å². The third-order valence-corrected chi connectivity index (χ3v) is 2.49. The summed E-state index contributed by atoms with van der Waals surface area (Å²) in [7, 11) is 1.80. The van der Waals surface area contributed by atoms with Gasteiger partial charge >= 0.3 is 0 Å². The first-order valence-corrected chi connectivity index (χ1v) is 5.46. The lowest BCUT2D eigenvalue weighted by Crippen LogP contribution is -2.12. The average molecular weight is 243 g/mol. The number of nitrogens with one attached hydrogen (secondary N) is 1. The summed E-state index contributed by atoms with van der Waals surface area (Å²) in [4.78, 5) is 26.8. The number of carbonyl (C=O) groups is 2. The molecule has 0 spiro atoms. The summed E-state index contributed by atoms with van der Waals surface area (Å²) in [5, 5.41) is 2.71. The van der Waals surface area contributed by atoms with E-state index in [1.807, 2.05) is 0 Å². The van der Waals surface area contributed by atoms with Gasteiger partial charge in [0.1, 0.15) is 5.69 Å². The number of carbonyl (C=O) groups excluding carboxylic acids is 2. The molecule has 0 aliphatic heterocycles. The number of imidazole rings is 1. The molecule has 92 valence electrons. The van der Waals surface area contributed by atoms with Crippen LogP contribution in [0.3, 0.4) is 0 Å². The molecule has 0 aliphatic carbocycles. The van der Waals surface area contributed by atoms with E-state index in [4.69, 9.17) is 0 Å². The Bertz CT molecular complexity index is 585. The summed E-state index contributed by atoms with van der Waals surface area (Å²) in [5.74, 6) is -0.274. The smallest absolute Gasteiger partial charge is 0.275 e. The Morgan fingerprint density at radius 1 is 1.22 bits per heavy atom. The first kappa shape index (κ1) is 12.0. The molecule has 0 bridgehead atoms. The van der Waals surface area contributed by atoms with Crippen LogP contribution in [-0.2, 0) is 7.05 Å². The van der Waals surface area contributed by atoms with Gasteiger partial charge in [-0.05, 0) is 31.2 Å². The molecule has 1 N–H and O–H groups in total. The molecule has 1 amide bonds. The van der Waals surface area contributed by atoms with Gasteiger partial charge in [0.2, 0.25) is 0 Å². The maximum absolute atomic E-state index is 11.8. The molecule has 0 saturated carbocycles. The highest BCUT2D eigenvalue weighted by Crippen LogP contribution is 2.11. The lowest BCUT2D eigenvalue weighted by atomic mass is 10.1. The highest BCUT2D eigenvalue weighted by molar-refractivity contribution is 6.03. The van der Waals surface area contributed by atoms with Crippen LogP contribution in [0.2, 0.25) is 0 Å². The number of rotatable bonds is 3. The van der Waals surface area contributed by atoms with Crippen molar-refractivity contribution in [2.24, 2.45) is 7.05 Å². The molecular formula is C13H13N3O2. The quantitative estimate of drug-likeness (QED) is 0.837. The Hall–Kier alpha value is -2.43. The molecule has 1 aromatic heterocycles. The van der Waals surface area contributed by atoms with Gasteiger partial charge in [-0.1, -0.05) is 0 Å². The Labute approximate surface area is 104 Å². The van der Waals surface area contributed by atoms with Gasteiger partial charge in [-0.3, -0.25) is 9.59 Å². The predicted molar refractivity (Wildman–Crippen MR) is 67.6 cm³/mol. The van der Waals surface area contributed by atoms with E-state index in [0.717, 1.165) is 0 Å². The molecule has 5 nitrogen and oxygen atoms in total. The summed E-state index contributed by atoms with van der Waals surface area (Å²) in [6, 6.07) is 6.74. The summed E-state index contributed by atoms with van der Waals surface area (Å²) >= 11 is 0. The van der Waals surface area contributed by atoms with E-state index in [1.165, 1.54) is 6.92 Å². The molecule has 18 heavy (non-hydrogen) atoms. The van der Waals surface area contributed by atoms with E-state index in [0.29, 0.717) is 16.9 Å². The molecule has 0 aliphatic rings. The molecule has 2 aromatic rings. The second-order valence-corrected chi connectivity index (χ2v) is 4.01. The fourth-order valence-electron chi connectivity index (χ4n) is 1.51. The first-order valence-electron chi connectivity index (χ1n) is 5.46. The number of amides is 1. The van der Waals surface area contributed by atoms with Crippen LogP contribution in [0.5, 0.6) is 0 Å². The number of Topliss-reactive ketones (excluding diaryl/α,β-unsaturated/α-hetero) is 1. The van der Waals surface area contributed by atoms with E-state index in [2.05, 4.69) is 10.3 Å². The molecule has 0 radical (unpaired) electrons. The summed E-state index contributed by atoms with van der Waals surface area (Å²) in [5.41, 5.74) is 1.61. The molecule has 5 heteroatoms. The van der Waals surface area contributed by atoms with E-state index in [-0.39, 0.29) is 11.7 Å². The van der Waals surface area contributed by atoms with Crippen molar-refractivity contribution in [1.82, 2.24) is 9.55 Å². The Balaban J connectivity index is 2.10. The Morgan fingerprint density at radius 2 is 1.89 bits per heavy atom. The van der Waals surface area contributed by atoms with Crippen molar-refractivity contribution >= 4 is 17.4 Å². The van der Waals surface area contributed by atoms with Gasteiger partial charge < -0.3 is 9.88 Å². The first-order chi connectivity index (χ1) is 8.56. The summed E-state index contributed by atoms with van der Waals surface area (Å²) in [6.07, 6.45) is 3.20. The normalized spacial score (nSPS) is 10.1. The van der Waals surface area contributed by atoms with E-state index >= 15 is 0 Å². The number of anilines is 1. The van der Waals surface area contributed by atoms with Crippen LogP contribution in [0.25, 0.3) is 0 Å². The monoisotopic (exact) mass is 243 g/mol. The zero-order valence-corrected chi connectivity index (χ0v) is 10.2. The third kappa shape index (κ3) is 2.63. The topological polar surface area (TPSA) is 64.0 Å². The van der Waals surface area contributed by atoms with Crippen LogP contribution < -0.4 is 5.32 Å². The molecule has 2 rings (SSSR count). The van der Waals surface area contributed by atoms with Crippen LogP contribution in [0, 0.1) is 0 Å². The Kier molecular flexibility index (Phi) is 3.23. The number of hydrogen-bond acceptors (Lipinski definition) is 3. The largest absolute Gasteiger partial charge is 0.340 e. The lowest BCUT2D eigenvalue weighted by molar-refractivity contribution is 0.101.